The Balaban J connectivity index is 0.00000208. The molecule has 7 nitrogen and oxygen atoms in total. The molecule has 2 bridgehead atoms. The average molecular weight is 375 g/mol. The zero-order valence-electron chi connectivity index (χ0n) is 13.6. The first-order valence-electron chi connectivity index (χ1n) is 8.04. The van der Waals surface area contributed by atoms with Crippen molar-refractivity contribution in [3.8, 4) is 0 Å². The molecule has 0 aliphatic heterocycles. The number of esters is 1. The zero-order chi connectivity index (χ0) is 16.4. The van der Waals surface area contributed by atoms with E-state index in [1.54, 1.807) is 0 Å². The average Bonchev–Trinajstić information content (AvgIpc) is 3.23. The van der Waals surface area contributed by atoms with E-state index in [1.807, 2.05) is 0 Å². The molecular weight excluding hydrogens is 352 g/mol. The van der Waals surface area contributed by atoms with Gasteiger partial charge in [0, 0.05) is 18.9 Å². The third-order valence-corrected chi connectivity index (χ3v) is 5.88. The number of amides is 1. The van der Waals surface area contributed by atoms with Gasteiger partial charge in [-0.05, 0) is 37.5 Å². The fraction of sp³-hybridized carbons (Fsp3) is 0.733. The SMILES string of the molecule is COC(=O)CCCc1nnc(NC(=O)C2C3CCC(C3)C2N)s1.Cl. The van der Waals surface area contributed by atoms with Crippen LogP contribution in [0.4, 0.5) is 5.13 Å². The summed E-state index contributed by atoms with van der Waals surface area (Å²) in [4.78, 5) is 23.5. The number of anilines is 1. The van der Waals surface area contributed by atoms with Gasteiger partial charge in [0.05, 0.1) is 13.0 Å². The van der Waals surface area contributed by atoms with E-state index >= 15 is 0 Å². The molecule has 4 atom stereocenters. The van der Waals surface area contributed by atoms with Crippen LogP contribution in [0.2, 0.25) is 0 Å². The lowest BCUT2D eigenvalue weighted by Gasteiger charge is -2.26. The van der Waals surface area contributed by atoms with Crippen molar-refractivity contribution in [2.45, 2.75) is 44.6 Å². The summed E-state index contributed by atoms with van der Waals surface area (Å²) in [5.41, 5.74) is 6.19. The van der Waals surface area contributed by atoms with Crippen LogP contribution in [0.1, 0.15) is 37.1 Å². The van der Waals surface area contributed by atoms with Crippen LogP contribution < -0.4 is 11.1 Å². The third kappa shape index (κ3) is 4.04. The van der Waals surface area contributed by atoms with Crippen LogP contribution in [0.5, 0.6) is 0 Å². The molecule has 0 aromatic carbocycles. The summed E-state index contributed by atoms with van der Waals surface area (Å²) in [6.07, 6.45) is 5.00. The van der Waals surface area contributed by atoms with Gasteiger partial charge in [0.25, 0.3) is 0 Å². The van der Waals surface area contributed by atoms with Gasteiger partial charge in [-0.25, -0.2) is 0 Å². The van der Waals surface area contributed by atoms with Crippen LogP contribution >= 0.6 is 23.7 Å². The zero-order valence-corrected chi connectivity index (χ0v) is 15.2. The van der Waals surface area contributed by atoms with Crippen LogP contribution in [0.25, 0.3) is 0 Å². The number of nitrogens with two attached hydrogens (primary N) is 1. The van der Waals surface area contributed by atoms with Crippen molar-refractivity contribution < 1.29 is 14.3 Å². The lowest BCUT2D eigenvalue weighted by Crippen LogP contribution is -2.42. The Labute approximate surface area is 151 Å². The molecule has 2 saturated carbocycles. The molecule has 3 rings (SSSR count). The summed E-state index contributed by atoms with van der Waals surface area (Å²) in [6.45, 7) is 0. The number of halogens is 1. The van der Waals surface area contributed by atoms with E-state index in [9.17, 15) is 9.59 Å². The summed E-state index contributed by atoms with van der Waals surface area (Å²) < 4.78 is 4.60. The number of carbonyl (C=O) groups is 2. The van der Waals surface area contributed by atoms with Crippen molar-refractivity contribution in [2.75, 3.05) is 12.4 Å². The highest BCUT2D eigenvalue weighted by atomic mass is 35.5. The fourth-order valence-corrected chi connectivity index (χ4v) is 4.59. The van der Waals surface area contributed by atoms with E-state index in [4.69, 9.17) is 5.73 Å². The molecule has 1 amide bonds. The number of ether oxygens (including phenoxy) is 1. The molecule has 0 saturated heterocycles. The standard InChI is InChI=1S/C15H22N4O3S.ClH/c1-22-11(20)4-2-3-10-18-19-15(23-10)17-14(21)12-8-5-6-9(7-8)13(12)16;/h8-9,12-13H,2-7,16H2,1H3,(H,17,19,21);1H. The quantitative estimate of drug-likeness (QED) is 0.735. The van der Waals surface area contributed by atoms with Crippen molar-refractivity contribution in [1.29, 1.82) is 0 Å². The number of aromatic nitrogens is 2. The van der Waals surface area contributed by atoms with Crippen molar-refractivity contribution >= 4 is 40.8 Å². The van der Waals surface area contributed by atoms with Gasteiger partial charge in [0.1, 0.15) is 5.01 Å². The second kappa shape index (κ2) is 8.22. The molecule has 3 N–H and O–H groups in total. The lowest BCUT2D eigenvalue weighted by molar-refractivity contribution is -0.140. The van der Waals surface area contributed by atoms with Gasteiger partial charge in [-0.1, -0.05) is 11.3 Å². The molecule has 9 heteroatoms. The van der Waals surface area contributed by atoms with E-state index in [1.165, 1.54) is 18.4 Å². The molecule has 1 aromatic heterocycles. The summed E-state index contributed by atoms with van der Waals surface area (Å²) in [7, 11) is 1.38. The number of aryl methyl sites for hydroxylation is 1. The predicted molar refractivity (Wildman–Crippen MR) is 93.0 cm³/mol. The molecule has 0 radical (unpaired) electrons. The van der Waals surface area contributed by atoms with Gasteiger partial charge >= 0.3 is 5.97 Å². The Bertz CT molecular complexity index is 595. The molecule has 1 aromatic rings. The normalized spacial score (nSPS) is 27.6. The molecule has 2 aliphatic carbocycles. The van der Waals surface area contributed by atoms with Gasteiger partial charge in [-0.15, -0.1) is 22.6 Å². The van der Waals surface area contributed by atoms with Crippen molar-refractivity contribution in [1.82, 2.24) is 10.2 Å². The van der Waals surface area contributed by atoms with E-state index in [-0.39, 0.29) is 36.2 Å². The predicted octanol–water partition coefficient (Wildman–Crippen LogP) is 1.77. The molecule has 4 unspecified atom stereocenters. The van der Waals surface area contributed by atoms with E-state index in [0.29, 0.717) is 36.2 Å². The van der Waals surface area contributed by atoms with E-state index in [2.05, 4.69) is 20.3 Å². The van der Waals surface area contributed by atoms with Gasteiger partial charge in [-0.3, -0.25) is 9.59 Å². The second-order valence-electron chi connectivity index (χ2n) is 6.36. The van der Waals surface area contributed by atoms with Crippen LogP contribution in [0.15, 0.2) is 0 Å². The highest BCUT2D eigenvalue weighted by molar-refractivity contribution is 7.15. The molecule has 0 spiro atoms. The Hall–Kier alpha value is -1.25. The molecular formula is C15H23ClN4O3S. The maximum atomic E-state index is 12.5. The number of rotatable bonds is 6. The van der Waals surface area contributed by atoms with Gasteiger partial charge in [0.2, 0.25) is 11.0 Å². The van der Waals surface area contributed by atoms with Crippen molar-refractivity contribution in [3.05, 3.63) is 5.01 Å². The number of carbonyl (C=O) groups excluding carboxylic acids is 2. The number of methoxy groups -OCH3 is 1. The Morgan fingerprint density at radius 2 is 2.08 bits per heavy atom. The first kappa shape index (κ1) is 19.1. The van der Waals surface area contributed by atoms with Crippen molar-refractivity contribution in [3.63, 3.8) is 0 Å². The minimum absolute atomic E-state index is 0. The van der Waals surface area contributed by atoms with Crippen molar-refractivity contribution in [2.24, 2.45) is 23.5 Å². The summed E-state index contributed by atoms with van der Waals surface area (Å²) in [5, 5.41) is 12.3. The topological polar surface area (TPSA) is 107 Å². The minimum atomic E-state index is -0.228. The van der Waals surface area contributed by atoms with Crippen LogP contribution in [0.3, 0.4) is 0 Å². The number of fused-ring (bicyclic) bond motifs is 2. The van der Waals surface area contributed by atoms with E-state index in [0.717, 1.165) is 24.3 Å². The summed E-state index contributed by atoms with van der Waals surface area (Å²) >= 11 is 1.35. The maximum Gasteiger partial charge on any atom is 0.305 e. The second-order valence-corrected chi connectivity index (χ2v) is 7.42. The highest BCUT2D eigenvalue weighted by Gasteiger charge is 2.49. The molecule has 2 fully saturated rings. The number of hydrogen-bond acceptors (Lipinski definition) is 7. The van der Waals surface area contributed by atoms with Crippen LogP contribution in [-0.4, -0.2) is 35.2 Å². The number of nitrogens with one attached hydrogen (secondary N) is 1. The highest BCUT2D eigenvalue weighted by Crippen LogP contribution is 2.47. The molecule has 134 valence electrons. The van der Waals surface area contributed by atoms with Crippen LogP contribution in [-0.2, 0) is 20.7 Å². The smallest absolute Gasteiger partial charge is 0.305 e. The maximum absolute atomic E-state index is 12.5. The van der Waals surface area contributed by atoms with E-state index < -0.39 is 0 Å². The number of nitrogens with zero attached hydrogens (tertiary/aromatic N) is 2. The fourth-order valence-electron chi connectivity index (χ4n) is 3.80. The first-order chi connectivity index (χ1) is 11.1. The molecule has 2 aliphatic rings. The minimum Gasteiger partial charge on any atom is -0.469 e. The largest absolute Gasteiger partial charge is 0.469 e. The molecule has 24 heavy (non-hydrogen) atoms. The summed E-state index contributed by atoms with van der Waals surface area (Å²) in [5.74, 6) is 0.567. The summed E-state index contributed by atoms with van der Waals surface area (Å²) in [6, 6.07) is -0.0267. The monoisotopic (exact) mass is 374 g/mol. The Morgan fingerprint density at radius 3 is 2.75 bits per heavy atom. The lowest BCUT2D eigenvalue weighted by atomic mass is 9.84. The third-order valence-electron chi connectivity index (χ3n) is 4.98. The van der Waals surface area contributed by atoms with Crippen LogP contribution in [0, 0.1) is 17.8 Å². The van der Waals surface area contributed by atoms with Gasteiger partial charge < -0.3 is 15.8 Å². The Morgan fingerprint density at radius 1 is 1.33 bits per heavy atom. The first-order valence-corrected chi connectivity index (χ1v) is 8.85. The van der Waals surface area contributed by atoms with Gasteiger partial charge in [-0.2, -0.15) is 0 Å². The van der Waals surface area contributed by atoms with Gasteiger partial charge in [0.15, 0.2) is 0 Å². The number of hydrogen-bond donors (Lipinski definition) is 2. The molecule has 1 heterocycles. The Kier molecular flexibility index (Phi) is 6.54.